The number of rotatable bonds is 23. The summed E-state index contributed by atoms with van der Waals surface area (Å²) in [5.41, 5.74) is 0. The molecule has 0 aromatic heterocycles. The quantitative estimate of drug-likeness (QED) is 0.0196. The highest BCUT2D eigenvalue weighted by molar-refractivity contribution is 5.82. The van der Waals surface area contributed by atoms with E-state index in [0.717, 1.165) is 18.2 Å². The predicted molar refractivity (Wildman–Crippen MR) is 337 cm³/mol. The van der Waals surface area contributed by atoms with Crippen molar-refractivity contribution < 1.29 is 173 Å². The van der Waals surface area contributed by atoms with Crippen molar-refractivity contribution in [3.05, 3.63) is 36.5 Å². The smallest absolute Gasteiger partial charge is 0.330 e. The average Bonchev–Trinajstić information content (AvgIpc) is 0.771. The van der Waals surface area contributed by atoms with Crippen LogP contribution in [0.3, 0.4) is 0 Å². The second kappa shape index (κ2) is 36.6. The number of hydrogen-bond acceptors (Lipinski definition) is 34. The maximum Gasteiger partial charge on any atom is 0.330 e. The number of aliphatic hydroxyl groups excluding tert-OH is 19. The first-order chi connectivity index (χ1) is 48.6. The number of ether oxygens (including phenoxy) is 13. The highest BCUT2D eigenvalue weighted by atomic mass is 16.8. The highest BCUT2D eigenvalue weighted by Gasteiger charge is 2.58. The van der Waals surface area contributed by atoms with Crippen LogP contribution in [0.25, 0.3) is 0 Å². The van der Waals surface area contributed by atoms with Crippen molar-refractivity contribution in [2.24, 2.45) is 29.6 Å². The average molecular weight is 1470 g/mol. The molecule has 5 aliphatic carbocycles. The standard InChI is InChI=1S/C67H104O35/c1-90-41-19-30(8-11-34(41)71)62-43(22-32-36(73)20-31(69)21-40(32)94-62)97-67-63(102-66-61(89)57(85)53(81)46(100-66)25-92-48(76)13-5-27-2-9-33(70)37(74)16-27)58(86)54(82)47(101-67)26-93-49(77)14-6-28-4-12-39(38(75)17-28)95-64-60(88)56(84)52(80)45(99-64)24-91-50(78)15-7-29-3-10-35(72)42(18-29)96-65-59(87)55(83)51(79)44(23-68)98-65/h5-7,13-15,27-47,51-75,79-89H,2-4,8-12,16-26H2,1H3/p+1. The van der Waals surface area contributed by atoms with Gasteiger partial charge in [0.25, 0.3) is 0 Å². The van der Waals surface area contributed by atoms with Crippen molar-refractivity contribution in [3.8, 4) is 0 Å². The second-order valence-corrected chi connectivity index (χ2v) is 29.0. The molecule has 35 nitrogen and oxygen atoms in total. The summed E-state index contributed by atoms with van der Waals surface area (Å²) in [6.45, 7) is -2.73. The van der Waals surface area contributed by atoms with Crippen LogP contribution >= 0.6 is 0 Å². The lowest BCUT2D eigenvalue weighted by Crippen LogP contribution is -2.66. The number of hydrogen-bond donors (Lipinski definition) is 19. The molecule has 38 unspecified atom stereocenters. The van der Waals surface area contributed by atoms with Crippen LogP contribution in [0.1, 0.15) is 96.3 Å². The van der Waals surface area contributed by atoms with Gasteiger partial charge in [0.2, 0.25) is 0 Å². The summed E-state index contributed by atoms with van der Waals surface area (Å²) >= 11 is 0. The van der Waals surface area contributed by atoms with Gasteiger partial charge in [0.05, 0.1) is 73.6 Å². The Morgan fingerprint density at radius 2 is 0.824 bits per heavy atom. The first-order valence-electron chi connectivity index (χ1n) is 35.5. The molecule has 0 amide bonds. The summed E-state index contributed by atoms with van der Waals surface area (Å²) in [6, 6.07) is 0. The molecule has 0 bridgehead atoms. The number of carbonyl (C=O) groups excluding carboxylic acids is 3. The van der Waals surface area contributed by atoms with E-state index in [2.05, 4.69) is 0 Å². The highest BCUT2D eigenvalue weighted by Crippen LogP contribution is 2.44. The lowest BCUT2D eigenvalue weighted by atomic mass is 9.72. The Balaban J connectivity index is 0.742. The van der Waals surface area contributed by atoms with Crippen molar-refractivity contribution in [3.63, 3.8) is 0 Å². The molecule has 0 spiro atoms. The minimum absolute atomic E-state index is 0.00679. The van der Waals surface area contributed by atoms with Crippen molar-refractivity contribution in [2.45, 2.75) is 298 Å². The van der Waals surface area contributed by atoms with Gasteiger partial charge in [-0.25, -0.2) is 14.4 Å². The van der Waals surface area contributed by atoms with Crippen LogP contribution in [0.5, 0.6) is 0 Å². The Morgan fingerprint density at radius 3 is 1.35 bits per heavy atom. The molecule has 35 heteroatoms. The molecule has 0 radical (unpaired) electrons. The minimum atomic E-state index is -2.05. The zero-order chi connectivity index (χ0) is 73.5. The van der Waals surface area contributed by atoms with Gasteiger partial charge in [-0.3, -0.25) is 0 Å². The molecule has 5 aliphatic heterocycles. The summed E-state index contributed by atoms with van der Waals surface area (Å²) in [5, 5.41) is 205. The predicted octanol–water partition coefficient (Wildman–Crippen LogP) is -7.49. The number of esters is 3. The third-order valence-corrected chi connectivity index (χ3v) is 22.0. The third-order valence-electron chi connectivity index (χ3n) is 22.0. The van der Waals surface area contributed by atoms with E-state index in [-0.39, 0.29) is 75.5 Å². The fourth-order valence-corrected chi connectivity index (χ4v) is 15.8. The van der Waals surface area contributed by atoms with Gasteiger partial charge in [0, 0.05) is 44.1 Å². The maximum atomic E-state index is 13.5. The zero-order valence-electron chi connectivity index (χ0n) is 56.4. The number of fused-ring (bicyclic) bond motifs is 1. The van der Waals surface area contributed by atoms with E-state index in [9.17, 15) is 111 Å². The van der Waals surface area contributed by atoms with Crippen LogP contribution in [0.4, 0.5) is 0 Å². The molecule has 20 N–H and O–H groups in total. The molecule has 0 aromatic carbocycles. The van der Waals surface area contributed by atoms with Crippen LogP contribution in [0.15, 0.2) is 36.5 Å². The minimum Gasteiger partial charge on any atom is -0.460 e. The van der Waals surface area contributed by atoms with Crippen LogP contribution in [-0.4, -0.2) is 355 Å². The van der Waals surface area contributed by atoms with E-state index in [1.165, 1.54) is 25.3 Å². The van der Waals surface area contributed by atoms with E-state index in [4.69, 9.17) is 61.6 Å². The SMILES string of the molecule is COC1CC(C2[OH+]C3CC(O)CC(O)C3CC2OC2OC(COC(=O)C=CC3CCC(OC4OC(COC(=O)C=CC5CCC(O)C(OC6OC(CO)C(O)C(O)C6O)C5)C(O)C(O)C4O)C(O)C3)C(O)C(O)C2OC2OC(COC(=O)C=CC3CCC(O)C(O)C3)C(O)C(O)C2O)CCC1O. The first-order valence-corrected chi connectivity index (χ1v) is 35.5. The van der Waals surface area contributed by atoms with Crippen LogP contribution in [-0.2, 0) is 71.2 Å². The Hall–Kier alpha value is -3.53. The van der Waals surface area contributed by atoms with Gasteiger partial charge in [0.1, 0.15) is 124 Å². The normalized spacial score (nSPS) is 48.4. The molecule has 10 fully saturated rings. The molecular weight excluding hydrogens is 1360 g/mol. The van der Waals surface area contributed by atoms with Gasteiger partial charge in [-0.05, 0) is 101 Å². The van der Waals surface area contributed by atoms with Crippen LogP contribution in [0, 0.1) is 29.6 Å². The number of methoxy groups -OCH3 is 1. The largest absolute Gasteiger partial charge is 0.460 e. The Kier molecular flexibility index (Phi) is 29.0. The molecule has 10 aliphatic rings. The molecule has 582 valence electrons. The number of aliphatic hydroxyl groups is 21. The fourth-order valence-electron chi connectivity index (χ4n) is 15.8. The summed E-state index contributed by atoms with van der Waals surface area (Å²) < 4.78 is 75.1. The van der Waals surface area contributed by atoms with E-state index in [1.807, 2.05) is 0 Å². The van der Waals surface area contributed by atoms with Crippen LogP contribution in [0.2, 0.25) is 0 Å². The van der Waals surface area contributed by atoms with E-state index in [0.29, 0.717) is 38.5 Å². The van der Waals surface area contributed by atoms with E-state index >= 15 is 0 Å². The molecule has 38 atom stereocenters. The zero-order valence-corrected chi connectivity index (χ0v) is 56.4. The van der Waals surface area contributed by atoms with E-state index in [1.54, 1.807) is 0 Å². The molecule has 5 saturated heterocycles. The fraction of sp³-hybridized carbons (Fsp3) is 0.866. The maximum absolute atomic E-state index is 13.5. The molecule has 5 heterocycles. The van der Waals surface area contributed by atoms with Crippen molar-refractivity contribution in [1.82, 2.24) is 0 Å². The summed E-state index contributed by atoms with van der Waals surface area (Å²) in [7, 11) is 1.46. The van der Waals surface area contributed by atoms with Crippen molar-refractivity contribution >= 4 is 17.9 Å². The van der Waals surface area contributed by atoms with Gasteiger partial charge in [-0.15, -0.1) is 0 Å². The van der Waals surface area contributed by atoms with Gasteiger partial charge < -0.3 is 159 Å². The molecular formula is C67H105O35+. The number of allylic oxidation sites excluding steroid dienone is 3. The Labute approximate surface area is 587 Å². The van der Waals surface area contributed by atoms with Crippen LogP contribution < -0.4 is 0 Å². The Morgan fingerprint density at radius 1 is 0.382 bits per heavy atom. The van der Waals surface area contributed by atoms with Gasteiger partial charge >= 0.3 is 17.9 Å². The first kappa shape index (κ1) is 81.0. The summed E-state index contributed by atoms with van der Waals surface area (Å²) in [5.74, 6) is -4.70. The monoisotopic (exact) mass is 1470 g/mol. The Bertz CT molecular complexity index is 2750. The van der Waals surface area contributed by atoms with Crippen molar-refractivity contribution in [1.29, 1.82) is 0 Å². The van der Waals surface area contributed by atoms with Gasteiger partial charge in [-0.2, -0.15) is 0 Å². The summed E-state index contributed by atoms with van der Waals surface area (Å²) in [4.78, 5) is 39.3. The van der Waals surface area contributed by atoms with Gasteiger partial charge in [-0.1, -0.05) is 18.2 Å². The lowest BCUT2D eigenvalue weighted by molar-refractivity contribution is -0.387. The summed E-state index contributed by atoms with van der Waals surface area (Å²) in [6.07, 6.45) is -35.1. The third kappa shape index (κ3) is 19.8. The molecule has 0 aromatic rings. The number of carbonyl (C=O) groups is 3. The topological polar surface area (TPSA) is 559 Å². The molecule has 102 heavy (non-hydrogen) atoms. The van der Waals surface area contributed by atoms with Crippen molar-refractivity contribution in [2.75, 3.05) is 33.5 Å². The van der Waals surface area contributed by atoms with Gasteiger partial charge in [0.15, 0.2) is 37.4 Å². The molecule has 10 rings (SSSR count). The van der Waals surface area contributed by atoms with E-state index < -0.39 is 258 Å². The molecule has 5 saturated carbocycles. The lowest BCUT2D eigenvalue weighted by Gasteiger charge is -2.49. The second-order valence-electron chi connectivity index (χ2n) is 29.0.